The van der Waals surface area contributed by atoms with Crippen molar-refractivity contribution in [3.63, 3.8) is 0 Å². The zero-order valence-electron chi connectivity index (χ0n) is 7.00. The second-order valence-corrected chi connectivity index (χ2v) is 2.84. The third-order valence-electron chi connectivity index (χ3n) is 1.39. The minimum Gasteiger partial charge on any atom is -0.396 e. The summed E-state index contributed by atoms with van der Waals surface area (Å²) in [4.78, 5) is 7.60. The maximum Gasteiger partial charge on any atom is 0.222 e. The van der Waals surface area contributed by atoms with Crippen LogP contribution in [0.25, 0.3) is 0 Å². The van der Waals surface area contributed by atoms with E-state index in [1.54, 1.807) is 0 Å². The van der Waals surface area contributed by atoms with Gasteiger partial charge in [0.15, 0.2) is 0 Å². The van der Waals surface area contributed by atoms with E-state index in [2.05, 4.69) is 15.3 Å². The number of aliphatic hydroxyl groups is 1. The van der Waals surface area contributed by atoms with E-state index < -0.39 is 0 Å². The first-order valence-electron chi connectivity index (χ1n) is 3.87. The van der Waals surface area contributed by atoms with Crippen molar-refractivity contribution in [2.24, 2.45) is 0 Å². The molecule has 0 saturated carbocycles. The number of aliphatic hydroxyl groups excluding tert-OH is 1. The molecular formula is C7H11ClN4O. The highest BCUT2D eigenvalue weighted by molar-refractivity contribution is 6.32. The van der Waals surface area contributed by atoms with E-state index in [-0.39, 0.29) is 12.6 Å². The number of hydrogen-bond donors (Lipinski definition) is 3. The summed E-state index contributed by atoms with van der Waals surface area (Å²) in [6, 6.07) is 0. The predicted molar refractivity (Wildman–Crippen MR) is 51.6 cm³/mol. The predicted octanol–water partition coefficient (Wildman–Crippen LogP) is 0.506. The van der Waals surface area contributed by atoms with Crippen LogP contribution in [0.1, 0.15) is 6.42 Å². The lowest BCUT2D eigenvalue weighted by atomic mass is 10.4. The SMILES string of the molecule is Nc1ncc(Cl)c(NCCCO)n1. The van der Waals surface area contributed by atoms with Crippen molar-refractivity contribution in [3.05, 3.63) is 11.2 Å². The molecule has 0 spiro atoms. The smallest absolute Gasteiger partial charge is 0.222 e. The summed E-state index contributed by atoms with van der Waals surface area (Å²) in [6.07, 6.45) is 2.07. The molecule has 5 nitrogen and oxygen atoms in total. The van der Waals surface area contributed by atoms with Crippen LogP contribution in [0.2, 0.25) is 5.02 Å². The monoisotopic (exact) mass is 202 g/mol. The van der Waals surface area contributed by atoms with Crippen LogP contribution in [-0.2, 0) is 0 Å². The first-order valence-corrected chi connectivity index (χ1v) is 4.24. The Hall–Kier alpha value is -1.07. The number of halogens is 1. The molecule has 0 amide bonds. The number of nitrogens with two attached hydrogens (primary N) is 1. The van der Waals surface area contributed by atoms with Gasteiger partial charge in [0, 0.05) is 13.2 Å². The molecule has 0 fully saturated rings. The van der Waals surface area contributed by atoms with Crippen molar-refractivity contribution < 1.29 is 5.11 Å². The molecule has 0 radical (unpaired) electrons. The molecular weight excluding hydrogens is 192 g/mol. The average Bonchev–Trinajstić information content (AvgIpc) is 2.11. The van der Waals surface area contributed by atoms with Crippen LogP contribution in [0.5, 0.6) is 0 Å². The van der Waals surface area contributed by atoms with Gasteiger partial charge in [0.1, 0.15) is 10.8 Å². The number of rotatable bonds is 4. The van der Waals surface area contributed by atoms with Gasteiger partial charge < -0.3 is 16.2 Å². The van der Waals surface area contributed by atoms with Crippen LogP contribution < -0.4 is 11.1 Å². The molecule has 0 aliphatic carbocycles. The molecule has 72 valence electrons. The van der Waals surface area contributed by atoms with E-state index in [1.165, 1.54) is 6.20 Å². The molecule has 1 aromatic heterocycles. The Kier molecular flexibility index (Phi) is 3.72. The molecule has 0 atom stereocenters. The van der Waals surface area contributed by atoms with Gasteiger partial charge in [0.2, 0.25) is 5.95 Å². The number of nitrogens with one attached hydrogen (secondary N) is 1. The molecule has 0 bridgehead atoms. The standard InChI is InChI=1S/C7H11ClN4O/c8-5-4-11-7(9)12-6(5)10-2-1-3-13/h4,13H,1-3H2,(H3,9,10,11,12). The Bertz CT molecular complexity index is 281. The van der Waals surface area contributed by atoms with Gasteiger partial charge in [-0.05, 0) is 6.42 Å². The maximum atomic E-state index is 8.54. The highest BCUT2D eigenvalue weighted by atomic mass is 35.5. The van der Waals surface area contributed by atoms with Crippen molar-refractivity contribution in [1.29, 1.82) is 0 Å². The summed E-state index contributed by atoms with van der Waals surface area (Å²) in [5.41, 5.74) is 5.36. The number of nitrogen functional groups attached to an aromatic ring is 1. The maximum absolute atomic E-state index is 8.54. The number of anilines is 2. The second-order valence-electron chi connectivity index (χ2n) is 2.43. The van der Waals surface area contributed by atoms with Crippen molar-refractivity contribution in [2.45, 2.75) is 6.42 Å². The number of hydrogen-bond acceptors (Lipinski definition) is 5. The van der Waals surface area contributed by atoms with Gasteiger partial charge >= 0.3 is 0 Å². The zero-order chi connectivity index (χ0) is 9.68. The molecule has 0 saturated heterocycles. The zero-order valence-corrected chi connectivity index (χ0v) is 7.75. The van der Waals surface area contributed by atoms with E-state index in [0.29, 0.717) is 23.8 Å². The molecule has 0 aliphatic heterocycles. The summed E-state index contributed by atoms with van der Waals surface area (Å²) in [5, 5.41) is 11.9. The lowest BCUT2D eigenvalue weighted by molar-refractivity contribution is 0.292. The van der Waals surface area contributed by atoms with E-state index in [4.69, 9.17) is 22.4 Å². The van der Waals surface area contributed by atoms with Gasteiger partial charge in [-0.1, -0.05) is 11.6 Å². The summed E-state index contributed by atoms with van der Waals surface area (Å²) < 4.78 is 0. The van der Waals surface area contributed by atoms with Gasteiger partial charge in [-0.3, -0.25) is 0 Å². The fourth-order valence-electron chi connectivity index (χ4n) is 0.791. The number of nitrogens with zero attached hydrogens (tertiary/aromatic N) is 2. The Morgan fingerprint density at radius 2 is 2.38 bits per heavy atom. The molecule has 0 unspecified atom stereocenters. The first kappa shape index (κ1) is 10.0. The summed E-state index contributed by atoms with van der Waals surface area (Å²) >= 11 is 5.77. The highest BCUT2D eigenvalue weighted by Gasteiger charge is 2.01. The second kappa shape index (κ2) is 4.84. The van der Waals surface area contributed by atoms with Gasteiger partial charge in [0.25, 0.3) is 0 Å². The van der Waals surface area contributed by atoms with E-state index in [0.717, 1.165) is 0 Å². The van der Waals surface area contributed by atoms with Crippen LogP contribution in [0.15, 0.2) is 6.20 Å². The van der Waals surface area contributed by atoms with Crippen LogP contribution in [0, 0.1) is 0 Å². The Balaban J connectivity index is 2.59. The Morgan fingerprint density at radius 1 is 1.62 bits per heavy atom. The minimum absolute atomic E-state index is 0.130. The van der Waals surface area contributed by atoms with Crippen LogP contribution >= 0.6 is 11.6 Å². The van der Waals surface area contributed by atoms with Gasteiger partial charge in [-0.15, -0.1) is 0 Å². The molecule has 0 aromatic carbocycles. The van der Waals surface area contributed by atoms with Gasteiger partial charge in [0.05, 0.1) is 6.20 Å². The van der Waals surface area contributed by atoms with Crippen molar-refractivity contribution in [1.82, 2.24) is 9.97 Å². The topological polar surface area (TPSA) is 84.1 Å². The third kappa shape index (κ3) is 3.04. The lowest BCUT2D eigenvalue weighted by Crippen LogP contribution is -2.07. The lowest BCUT2D eigenvalue weighted by Gasteiger charge is -2.05. The highest BCUT2D eigenvalue weighted by Crippen LogP contribution is 2.17. The fourth-order valence-corrected chi connectivity index (χ4v) is 0.948. The summed E-state index contributed by atoms with van der Waals surface area (Å²) in [7, 11) is 0. The van der Waals surface area contributed by atoms with Crippen molar-refractivity contribution >= 4 is 23.4 Å². The minimum atomic E-state index is 0.130. The quantitative estimate of drug-likeness (QED) is 0.620. The fraction of sp³-hybridized carbons (Fsp3) is 0.429. The van der Waals surface area contributed by atoms with Gasteiger partial charge in [-0.2, -0.15) is 4.98 Å². The largest absolute Gasteiger partial charge is 0.396 e. The Morgan fingerprint density at radius 3 is 3.08 bits per heavy atom. The molecule has 1 heterocycles. The Labute approximate surface area is 81.0 Å². The van der Waals surface area contributed by atoms with E-state index in [1.807, 2.05) is 0 Å². The number of aromatic nitrogens is 2. The first-order chi connectivity index (χ1) is 6.24. The van der Waals surface area contributed by atoms with Crippen LogP contribution in [0.3, 0.4) is 0 Å². The molecule has 13 heavy (non-hydrogen) atoms. The molecule has 4 N–H and O–H groups in total. The summed E-state index contributed by atoms with van der Waals surface area (Å²) in [6.45, 7) is 0.734. The average molecular weight is 203 g/mol. The molecule has 1 aromatic rings. The van der Waals surface area contributed by atoms with Crippen LogP contribution in [-0.4, -0.2) is 28.2 Å². The van der Waals surface area contributed by atoms with Crippen molar-refractivity contribution in [3.8, 4) is 0 Å². The molecule has 6 heteroatoms. The molecule has 0 aliphatic rings. The normalized spacial score (nSPS) is 10.0. The van der Waals surface area contributed by atoms with Crippen LogP contribution in [0.4, 0.5) is 11.8 Å². The summed E-state index contributed by atoms with van der Waals surface area (Å²) in [5.74, 6) is 0.679. The van der Waals surface area contributed by atoms with E-state index >= 15 is 0 Å². The van der Waals surface area contributed by atoms with Gasteiger partial charge in [-0.25, -0.2) is 4.98 Å². The molecule has 1 rings (SSSR count). The third-order valence-corrected chi connectivity index (χ3v) is 1.67. The van der Waals surface area contributed by atoms with E-state index in [9.17, 15) is 0 Å². The van der Waals surface area contributed by atoms with Crippen molar-refractivity contribution in [2.75, 3.05) is 24.2 Å².